The number of thiol groups is 3. The number of aliphatic carboxylic acids is 3. The lowest BCUT2D eigenvalue weighted by molar-refractivity contribution is -0.142. The van der Waals surface area contributed by atoms with Crippen molar-refractivity contribution in [2.24, 2.45) is 81.0 Å². The largest absolute Gasteiger partial charge is 0.481 e. The Kier molecular flexibility index (Phi) is 66.3. The first-order chi connectivity index (χ1) is 68.5. The molecule has 0 heterocycles. The van der Waals surface area contributed by atoms with Crippen LogP contribution in [0.15, 0.2) is 4.99 Å². The van der Waals surface area contributed by atoms with Crippen molar-refractivity contribution >= 4 is 174 Å². The molecule has 0 radical (unpaired) electrons. The predicted octanol–water partition coefficient (Wildman–Crippen LogP) is -6.08. The van der Waals surface area contributed by atoms with Crippen LogP contribution < -0.4 is 130 Å². The lowest BCUT2D eigenvalue weighted by Gasteiger charge is -2.31. The van der Waals surface area contributed by atoms with Gasteiger partial charge in [-0.05, 0) is 137 Å². The number of aliphatic imine (C=N–C) groups is 1. The number of carbonyl (C=O) groups is 22. The number of rotatable bonds is 75. The van der Waals surface area contributed by atoms with Gasteiger partial charge in [0.05, 0.1) is 32.2 Å². The van der Waals surface area contributed by atoms with E-state index in [1.165, 1.54) is 0 Å². The summed E-state index contributed by atoms with van der Waals surface area (Å²) in [5, 5.41) is 86.8. The molecule has 0 aliphatic rings. The second kappa shape index (κ2) is 71.9. The molecule has 0 rings (SSSR count). The molecule has 33 N–H and O–H groups in total. The summed E-state index contributed by atoms with van der Waals surface area (Å²) in [4.78, 5) is 301. The van der Waals surface area contributed by atoms with Gasteiger partial charge in [0.15, 0.2) is 5.96 Å². The molecule has 0 aliphatic carbocycles. The van der Waals surface area contributed by atoms with Crippen molar-refractivity contribution in [2.75, 3.05) is 63.1 Å². The Labute approximate surface area is 869 Å². The van der Waals surface area contributed by atoms with Gasteiger partial charge >= 0.3 is 17.9 Å². The topological polar surface area (TPSA) is 827 Å². The standard InChI is InChI=1S/C92H165N25O26S3/c1-17-51(15)73(90(141)116-72(50(13)14)87(138)115-69(47(7)8)84(135)109-61(43-145)82(133)106-57(91(142)143)28-22-24-34-94)111-65(121)40-101-77(128)55(29-26-36-99-92(96)97)105-89(140)74(52(16)18-2)117-88(139)71(49(11)12)113-80(131)58(37-45(3)4)107-81(132)59(41-118)103-64(120)39-100-76(127)54(27-21-23-33-93)102-63(119)30-20-19-25-35-98-78(129)60(42-144)108-83(134)62(44-146)110-85(136)68(46(5)6)114-86(137)70(48(9)10)112-79(130)56(31-32-66(122)123)104-75(126)53(95)38-67(124)125/h45-62,68-74,118,144-146H,17-44,93-95H2,1-16H3,(H,98,129)(H,100,127)(H,101,128)(H,102,119)(H,103,120)(H,104,126)(H,105,140)(H,106,133)(H,107,132)(H,108,134)(H,109,135)(H,110,136)(H,111,121)(H,112,130)(H,113,131)(H,114,137)(H,115,138)(H,116,141)(H,117,139)(H,122,123)(H,124,125)(H,142,143)(H4,96,97,99)/t51-,52-,53-,54-,55-,56-,57-,58-,59-,60-,61-,62-,68-,69-,70-,71-,72-,73-,74-/m0/s1. The molecule has 0 aliphatic heterocycles. The summed E-state index contributed by atoms with van der Waals surface area (Å²) >= 11 is 12.7. The van der Waals surface area contributed by atoms with Gasteiger partial charge in [0.25, 0.3) is 0 Å². The van der Waals surface area contributed by atoms with Crippen molar-refractivity contribution in [3.05, 3.63) is 0 Å². The van der Waals surface area contributed by atoms with E-state index in [9.17, 15) is 121 Å². The molecule has 0 bridgehead atoms. The lowest BCUT2D eigenvalue weighted by Crippen LogP contribution is -2.62. The molecular formula is C92H165N25O26S3. The molecule has 0 aromatic rings. The second-order valence-electron chi connectivity index (χ2n) is 38.0. The van der Waals surface area contributed by atoms with Crippen molar-refractivity contribution < 1.29 is 126 Å². The zero-order valence-electron chi connectivity index (χ0n) is 86.7. The molecule has 0 unspecified atom stereocenters. The third-order valence-electron chi connectivity index (χ3n) is 23.4. The van der Waals surface area contributed by atoms with Crippen molar-refractivity contribution in [2.45, 2.75) is 329 Å². The Morgan fingerprint density at radius 1 is 0.308 bits per heavy atom. The third kappa shape index (κ3) is 52.2. The number of amides is 19. The highest BCUT2D eigenvalue weighted by molar-refractivity contribution is 7.80. The Hall–Kier alpha value is -11.5. The number of unbranched alkanes of at least 4 members (excludes halogenated alkanes) is 4. The predicted molar refractivity (Wildman–Crippen MR) is 550 cm³/mol. The van der Waals surface area contributed by atoms with Crippen LogP contribution in [-0.4, -0.2) is 322 Å². The van der Waals surface area contributed by atoms with Gasteiger partial charge in [-0.25, -0.2) is 4.79 Å². The minimum Gasteiger partial charge on any atom is -0.481 e. The molecule has 19 atom stereocenters. The van der Waals surface area contributed by atoms with Crippen LogP contribution in [0, 0.1) is 47.3 Å². The maximum Gasteiger partial charge on any atom is 0.326 e. The average Bonchev–Trinajstić information content (AvgIpc) is 0.845. The summed E-state index contributed by atoms with van der Waals surface area (Å²) in [5.41, 5.74) is 28.1. The molecule has 0 aromatic heterocycles. The Bertz CT molecular complexity index is 4310. The fourth-order valence-corrected chi connectivity index (χ4v) is 15.0. The van der Waals surface area contributed by atoms with Gasteiger partial charge in [-0.2, -0.15) is 37.9 Å². The molecule has 0 saturated heterocycles. The number of guanidine groups is 1. The molecule has 832 valence electrons. The minimum absolute atomic E-state index is 0.0207. The number of nitrogens with one attached hydrogen (secondary N) is 19. The van der Waals surface area contributed by atoms with E-state index in [4.69, 9.17) is 33.8 Å². The highest BCUT2D eigenvalue weighted by atomic mass is 32.1. The molecule has 0 fully saturated rings. The minimum atomic E-state index is -1.72. The quantitative estimate of drug-likeness (QED) is 0.0117. The Balaban J connectivity index is 6.28. The summed E-state index contributed by atoms with van der Waals surface area (Å²) in [6, 6.07) is -23.6. The van der Waals surface area contributed by atoms with E-state index >= 15 is 0 Å². The van der Waals surface area contributed by atoms with Gasteiger partial charge < -0.3 is 150 Å². The van der Waals surface area contributed by atoms with Crippen LogP contribution in [0.5, 0.6) is 0 Å². The normalized spacial score (nSPS) is 15.2. The van der Waals surface area contributed by atoms with Gasteiger partial charge in [0.1, 0.15) is 96.7 Å². The highest BCUT2D eigenvalue weighted by Crippen LogP contribution is 2.19. The van der Waals surface area contributed by atoms with Crippen LogP contribution in [-0.2, 0) is 105 Å². The molecule has 0 aromatic carbocycles. The SMILES string of the molecule is CC[C@H](C)[C@H](NC(=O)CNC(=O)[C@H](CCCN=C(N)N)NC(=O)[C@@H](NC(=O)[C@@H](NC(=O)[C@H](CC(C)C)NC(=O)[C@H](CO)NC(=O)CNC(=O)[C@H](CCCCN)NC(=O)CCCCCNC(=O)[C@H](CS)NC(=O)[C@H](CS)NC(=O)[C@@H](NC(=O)[C@@H](NC(=O)[C@H](CCC(=O)O)NC(=O)[C@@H](N)CC(=O)O)C(C)C)C(C)C)C(C)C)[C@@H](C)CC)C(=O)N[C@H](C(=O)N[C@H](C(=O)N[C@@H](CS)C(=O)N[C@@H](CCCCN)C(=O)O)C(C)C)C(C)C. The fraction of sp³-hybridized carbons (Fsp3) is 0.750. The number of carbonyl (C=O) groups excluding carboxylic acids is 19. The number of carboxylic acid groups (broad SMARTS) is 3. The van der Waals surface area contributed by atoms with Gasteiger partial charge in [-0.1, -0.05) is 130 Å². The van der Waals surface area contributed by atoms with E-state index < -0.39 is 313 Å². The van der Waals surface area contributed by atoms with Crippen LogP contribution >= 0.6 is 37.9 Å². The first-order valence-corrected chi connectivity index (χ1v) is 51.3. The second-order valence-corrected chi connectivity index (χ2v) is 39.1. The summed E-state index contributed by atoms with van der Waals surface area (Å²) < 4.78 is 0. The Morgan fingerprint density at radius 2 is 0.630 bits per heavy atom. The van der Waals surface area contributed by atoms with Crippen LogP contribution in [0.4, 0.5) is 0 Å². The molecule has 19 amide bonds. The number of carboxylic acids is 3. The number of nitrogens with zero attached hydrogens (tertiary/aromatic N) is 1. The van der Waals surface area contributed by atoms with E-state index in [1.807, 2.05) is 0 Å². The summed E-state index contributed by atoms with van der Waals surface area (Å²) in [6.07, 6.45) is 1.34. The fourth-order valence-electron chi connectivity index (χ4n) is 14.3. The van der Waals surface area contributed by atoms with E-state index in [1.54, 1.807) is 111 Å². The molecular weight excluding hydrogens is 1970 g/mol. The van der Waals surface area contributed by atoms with E-state index in [-0.39, 0.29) is 100 Å². The molecule has 146 heavy (non-hydrogen) atoms. The number of hydrogen-bond acceptors (Lipinski definition) is 30. The van der Waals surface area contributed by atoms with Gasteiger partial charge in [-0.3, -0.25) is 106 Å². The first-order valence-electron chi connectivity index (χ1n) is 49.4. The van der Waals surface area contributed by atoms with Gasteiger partial charge in [-0.15, -0.1) is 0 Å². The maximum atomic E-state index is 14.6. The number of hydrogen-bond donors (Lipinski definition) is 31. The third-order valence-corrected chi connectivity index (χ3v) is 24.5. The summed E-state index contributed by atoms with van der Waals surface area (Å²) in [5.74, 6) is -26.3. The van der Waals surface area contributed by atoms with Crippen molar-refractivity contribution in [3.63, 3.8) is 0 Å². The number of aliphatic hydroxyl groups is 1. The van der Waals surface area contributed by atoms with Gasteiger partial charge in [0.2, 0.25) is 112 Å². The van der Waals surface area contributed by atoms with E-state index in [0.29, 0.717) is 51.5 Å². The molecule has 51 nitrogen and oxygen atoms in total. The summed E-state index contributed by atoms with van der Waals surface area (Å²) in [6.45, 7) is 24.1. The molecule has 54 heteroatoms. The lowest BCUT2D eigenvalue weighted by atomic mass is 9.95. The van der Waals surface area contributed by atoms with Crippen LogP contribution in [0.1, 0.15) is 226 Å². The van der Waals surface area contributed by atoms with E-state index in [2.05, 4.69) is 144 Å². The van der Waals surface area contributed by atoms with Crippen molar-refractivity contribution in [1.29, 1.82) is 0 Å². The van der Waals surface area contributed by atoms with Crippen LogP contribution in [0.25, 0.3) is 0 Å². The summed E-state index contributed by atoms with van der Waals surface area (Å²) in [7, 11) is 0. The van der Waals surface area contributed by atoms with Crippen molar-refractivity contribution in [3.8, 4) is 0 Å². The zero-order valence-corrected chi connectivity index (χ0v) is 89.4. The average molecular weight is 2130 g/mol. The number of nitrogens with two attached hydrogens (primary N) is 5. The zero-order chi connectivity index (χ0) is 112. The van der Waals surface area contributed by atoms with Crippen LogP contribution in [0.2, 0.25) is 0 Å². The van der Waals surface area contributed by atoms with Crippen molar-refractivity contribution in [1.82, 2.24) is 101 Å². The smallest absolute Gasteiger partial charge is 0.326 e. The first kappa shape index (κ1) is 134. The number of aliphatic hydroxyl groups excluding tert-OH is 1. The molecule has 0 saturated carbocycles. The van der Waals surface area contributed by atoms with Crippen LogP contribution in [0.3, 0.4) is 0 Å². The highest BCUT2D eigenvalue weighted by Gasteiger charge is 2.42. The Morgan fingerprint density at radius 3 is 1.03 bits per heavy atom. The van der Waals surface area contributed by atoms with Gasteiger partial charge in [0, 0.05) is 43.2 Å². The molecule has 0 spiro atoms. The monoisotopic (exact) mass is 2130 g/mol. The van der Waals surface area contributed by atoms with E-state index in [0.717, 1.165) is 0 Å². The maximum absolute atomic E-state index is 14.6.